The van der Waals surface area contributed by atoms with Crippen LogP contribution in [0.5, 0.6) is 0 Å². The summed E-state index contributed by atoms with van der Waals surface area (Å²) in [5.74, 6) is -2.18. The number of benzene rings is 1. The van der Waals surface area contributed by atoms with E-state index >= 15 is 0 Å². The highest BCUT2D eigenvalue weighted by Gasteiger charge is 2.22. The zero-order chi connectivity index (χ0) is 16.7. The van der Waals surface area contributed by atoms with E-state index in [9.17, 15) is 14.4 Å². The Morgan fingerprint density at radius 1 is 1.05 bits per heavy atom. The molecule has 0 aliphatic carbocycles. The second-order valence-electron chi connectivity index (χ2n) is 5.10. The van der Waals surface area contributed by atoms with Gasteiger partial charge in [0.2, 0.25) is 11.8 Å². The summed E-state index contributed by atoms with van der Waals surface area (Å²) in [7, 11) is 0. The lowest BCUT2D eigenvalue weighted by molar-refractivity contribution is -0.141. The van der Waals surface area contributed by atoms with Gasteiger partial charge in [-0.2, -0.15) is 0 Å². The molecule has 0 heterocycles. The number of nitrogens with two attached hydrogens (primary N) is 1. The maximum atomic E-state index is 11.9. The summed E-state index contributed by atoms with van der Waals surface area (Å²) < 4.78 is 0. The van der Waals surface area contributed by atoms with Crippen LogP contribution in [0.25, 0.3) is 0 Å². The summed E-state index contributed by atoms with van der Waals surface area (Å²) in [6, 6.07) is 6.61. The van der Waals surface area contributed by atoms with Gasteiger partial charge in [0.1, 0.15) is 12.1 Å². The number of aliphatic carboxylic acids is 1. The lowest BCUT2D eigenvalue weighted by Gasteiger charge is -2.18. The summed E-state index contributed by atoms with van der Waals surface area (Å²) in [4.78, 5) is 34.4. The van der Waals surface area contributed by atoms with Gasteiger partial charge >= 0.3 is 5.97 Å². The SMILES string of the molecule is CC(NC(=O)C(C)NC(=O)C(N)Cc1ccccc1)C(=O)O. The molecule has 0 fully saturated rings. The van der Waals surface area contributed by atoms with Gasteiger partial charge in [-0.25, -0.2) is 0 Å². The molecule has 120 valence electrons. The molecule has 5 N–H and O–H groups in total. The first-order chi connectivity index (χ1) is 10.3. The van der Waals surface area contributed by atoms with Crippen molar-refractivity contribution in [2.24, 2.45) is 5.73 Å². The third-order valence-corrected chi connectivity index (χ3v) is 3.12. The Hall–Kier alpha value is -2.41. The average Bonchev–Trinajstić information content (AvgIpc) is 2.47. The van der Waals surface area contributed by atoms with Crippen molar-refractivity contribution in [1.82, 2.24) is 10.6 Å². The predicted octanol–water partition coefficient (Wildman–Crippen LogP) is -0.350. The van der Waals surface area contributed by atoms with E-state index in [1.165, 1.54) is 13.8 Å². The molecule has 3 unspecified atom stereocenters. The fourth-order valence-corrected chi connectivity index (χ4v) is 1.75. The molecule has 0 aromatic heterocycles. The number of rotatable bonds is 7. The van der Waals surface area contributed by atoms with Gasteiger partial charge in [-0.3, -0.25) is 14.4 Å². The molecule has 1 aromatic rings. The molecule has 0 spiro atoms. The second kappa shape index (κ2) is 8.14. The van der Waals surface area contributed by atoms with E-state index < -0.39 is 35.9 Å². The standard InChI is InChI=1S/C15H21N3O4/c1-9(13(19)18-10(2)15(21)22)17-14(20)12(16)8-11-6-4-3-5-7-11/h3-7,9-10,12H,8,16H2,1-2H3,(H,17,20)(H,18,19)(H,21,22). The van der Waals surface area contributed by atoms with Crippen molar-refractivity contribution in [1.29, 1.82) is 0 Å². The highest BCUT2D eigenvalue weighted by Crippen LogP contribution is 2.02. The second-order valence-corrected chi connectivity index (χ2v) is 5.10. The molecular formula is C15H21N3O4. The zero-order valence-corrected chi connectivity index (χ0v) is 12.6. The van der Waals surface area contributed by atoms with Gasteiger partial charge in [0.15, 0.2) is 0 Å². The van der Waals surface area contributed by atoms with E-state index in [4.69, 9.17) is 10.8 Å². The van der Waals surface area contributed by atoms with E-state index in [-0.39, 0.29) is 0 Å². The van der Waals surface area contributed by atoms with Crippen LogP contribution in [0.2, 0.25) is 0 Å². The van der Waals surface area contributed by atoms with Crippen LogP contribution in [-0.4, -0.2) is 41.0 Å². The number of carbonyl (C=O) groups is 3. The number of amides is 2. The Labute approximate surface area is 128 Å². The molecule has 0 aliphatic heterocycles. The average molecular weight is 307 g/mol. The molecular weight excluding hydrogens is 286 g/mol. The van der Waals surface area contributed by atoms with Crippen LogP contribution in [0.3, 0.4) is 0 Å². The highest BCUT2D eigenvalue weighted by atomic mass is 16.4. The van der Waals surface area contributed by atoms with Gasteiger partial charge in [-0.15, -0.1) is 0 Å². The zero-order valence-electron chi connectivity index (χ0n) is 12.6. The normalized spacial score (nSPS) is 14.5. The van der Waals surface area contributed by atoms with Gasteiger partial charge in [0.05, 0.1) is 6.04 Å². The third-order valence-electron chi connectivity index (χ3n) is 3.12. The van der Waals surface area contributed by atoms with Gasteiger partial charge in [0, 0.05) is 0 Å². The van der Waals surface area contributed by atoms with Crippen molar-refractivity contribution in [3.8, 4) is 0 Å². The van der Waals surface area contributed by atoms with Crippen LogP contribution in [0.4, 0.5) is 0 Å². The Morgan fingerprint density at radius 3 is 2.14 bits per heavy atom. The number of nitrogens with one attached hydrogen (secondary N) is 2. The smallest absolute Gasteiger partial charge is 0.325 e. The maximum absolute atomic E-state index is 11.9. The van der Waals surface area contributed by atoms with Gasteiger partial charge in [-0.05, 0) is 25.8 Å². The fraction of sp³-hybridized carbons (Fsp3) is 0.400. The van der Waals surface area contributed by atoms with Crippen LogP contribution in [0.1, 0.15) is 19.4 Å². The number of carboxylic acid groups (broad SMARTS) is 1. The molecule has 3 atom stereocenters. The lowest BCUT2D eigenvalue weighted by Crippen LogP contribution is -2.53. The Balaban J connectivity index is 2.49. The molecule has 2 amide bonds. The Kier molecular flexibility index (Phi) is 6.52. The lowest BCUT2D eigenvalue weighted by atomic mass is 10.1. The maximum Gasteiger partial charge on any atom is 0.325 e. The molecule has 0 radical (unpaired) electrons. The Bertz CT molecular complexity index is 533. The molecule has 7 nitrogen and oxygen atoms in total. The summed E-state index contributed by atoms with van der Waals surface area (Å²) in [5, 5.41) is 13.5. The minimum atomic E-state index is -1.15. The molecule has 0 bridgehead atoms. The summed E-state index contributed by atoms with van der Waals surface area (Å²) >= 11 is 0. The first-order valence-electron chi connectivity index (χ1n) is 6.94. The van der Waals surface area contributed by atoms with Crippen LogP contribution in [-0.2, 0) is 20.8 Å². The topological polar surface area (TPSA) is 122 Å². The van der Waals surface area contributed by atoms with Gasteiger partial charge in [-0.1, -0.05) is 30.3 Å². The molecule has 0 saturated heterocycles. The monoisotopic (exact) mass is 307 g/mol. The summed E-state index contributed by atoms with van der Waals surface area (Å²) in [6.07, 6.45) is 0.354. The van der Waals surface area contributed by atoms with Crippen molar-refractivity contribution in [2.45, 2.75) is 38.4 Å². The number of carbonyl (C=O) groups excluding carboxylic acids is 2. The van der Waals surface area contributed by atoms with Crippen LogP contribution in [0.15, 0.2) is 30.3 Å². The van der Waals surface area contributed by atoms with Crippen LogP contribution >= 0.6 is 0 Å². The molecule has 22 heavy (non-hydrogen) atoms. The number of hydrogen-bond acceptors (Lipinski definition) is 4. The van der Waals surface area contributed by atoms with Crippen molar-refractivity contribution < 1.29 is 19.5 Å². The quantitative estimate of drug-likeness (QED) is 0.548. The summed E-state index contributed by atoms with van der Waals surface area (Å²) in [6.45, 7) is 2.81. The van der Waals surface area contributed by atoms with Gasteiger partial charge in [0.25, 0.3) is 0 Å². The van der Waals surface area contributed by atoms with E-state index in [1.54, 1.807) is 0 Å². The molecule has 1 aromatic carbocycles. The molecule has 0 aliphatic rings. The molecule has 0 saturated carbocycles. The fourth-order valence-electron chi connectivity index (χ4n) is 1.75. The van der Waals surface area contributed by atoms with E-state index in [0.29, 0.717) is 6.42 Å². The van der Waals surface area contributed by atoms with Crippen molar-refractivity contribution in [3.05, 3.63) is 35.9 Å². The number of carboxylic acids is 1. The van der Waals surface area contributed by atoms with E-state index in [1.807, 2.05) is 30.3 Å². The van der Waals surface area contributed by atoms with E-state index in [2.05, 4.69) is 10.6 Å². The van der Waals surface area contributed by atoms with Crippen molar-refractivity contribution in [2.75, 3.05) is 0 Å². The highest BCUT2D eigenvalue weighted by molar-refractivity contribution is 5.91. The minimum Gasteiger partial charge on any atom is -0.480 e. The van der Waals surface area contributed by atoms with E-state index in [0.717, 1.165) is 5.56 Å². The molecule has 7 heteroatoms. The summed E-state index contributed by atoms with van der Waals surface area (Å²) in [5.41, 5.74) is 6.73. The van der Waals surface area contributed by atoms with Crippen molar-refractivity contribution >= 4 is 17.8 Å². The van der Waals surface area contributed by atoms with Crippen molar-refractivity contribution in [3.63, 3.8) is 0 Å². The first-order valence-corrected chi connectivity index (χ1v) is 6.94. The predicted molar refractivity (Wildman–Crippen MR) is 81.0 cm³/mol. The Morgan fingerprint density at radius 2 is 1.59 bits per heavy atom. The van der Waals surface area contributed by atoms with Gasteiger partial charge < -0.3 is 21.5 Å². The number of hydrogen-bond donors (Lipinski definition) is 4. The van der Waals surface area contributed by atoms with Crippen LogP contribution < -0.4 is 16.4 Å². The molecule has 1 rings (SSSR count). The first kappa shape index (κ1) is 17.6. The third kappa shape index (κ3) is 5.53. The van der Waals surface area contributed by atoms with Crippen LogP contribution in [0, 0.1) is 0 Å². The minimum absolute atomic E-state index is 0.354. The largest absolute Gasteiger partial charge is 0.480 e.